The summed E-state index contributed by atoms with van der Waals surface area (Å²) in [6.45, 7) is 3.13. The summed E-state index contributed by atoms with van der Waals surface area (Å²) in [7, 11) is -3.71. The molecule has 0 aliphatic carbocycles. The zero-order chi connectivity index (χ0) is 21.1. The second-order valence-electron chi connectivity index (χ2n) is 8.57. The first-order valence-electron chi connectivity index (χ1n) is 11.1. The fourth-order valence-corrected chi connectivity index (χ4v) is 6.59. The van der Waals surface area contributed by atoms with Crippen LogP contribution >= 0.6 is 0 Å². The van der Waals surface area contributed by atoms with Gasteiger partial charge in [0.25, 0.3) is 0 Å². The molecule has 0 spiro atoms. The molecule has 164 valence electrons. The van der Waals surface area contributed by atoms with Crippen molar-refractivity contribution in [3.8, 4) is 0 Å². The monoisotopic (exact) mass is 433 g/mol. The summed E-state index contributed by atoms with van der Waals surface area (Å²) >= 11 is 0. The maximum atomic E-state index is 13.3. The van der Waals surface area contributed by atoms with Gasteiger partial charge in [-0.3, -0.25) is 9.59 Å². The van der Waals surface area contributed by atoms with Gasteiger partial charge in [0.15, 0.2) is 0 Å². The molecule has 7 nitrogen and oxygen atoms in total. The number of sulfonamides is 1. The highest BCUT2D eigenvalue weighted by atomic mass is 32.2. The minimum Gasteiger partial charge on any atom is -0.342 e. The largest absolute Gasteiger partial charge is 0.342 e. The van der Waals surface area contributed by atoms with Gasteiger partial charge in [0.1, 0.15) is 6.04 Å². The Labute approximate surface area is 179 Å². The lowest BCUT2D eigenvalue weighted by Crippen LogP contribution is -2.54. The molecule has 3 fully saturated rings. The van der Waals surface area contributed by atoms with Gasteiger partial charge >= 0.3 is 0 Å². The first-order valence-corrected chi connectivity index (χ1v) is 12.6. The van der Waals surface area contributed by atoms with Crippen molar-refractivity contribution in [3.05, 3.63) is 30.3 Å². The Kier molecular flexibility index (Phi) is 6.43. The molecule has 1 atom stereocenters. The van der Waals surface area contributed by atoms with E-state index in [0.29, 0.717) is 38.9 Å². The number of piperidine rings is 2. The molecule has 30 heavy (non-hydrogen) atoms. The molecule has 1 aromatic carbocycles. The van der Waals surface area contributed by atoms with E-state index in [9.17, 15) is 18.0 Å². The number of amides is 2. The van der Waals surface area contributed by atoms with Crippen LogP contribution in [0.15, 0.2) is 35.2 Å². The number of carbonyl (C=O) groups is 2. The number of nitrogens with zero attached hydrogens (tertiary/aromatic N) is 3. The van der Waals surface area contributed by atoms with Crippen molar-refractivity contribution >= 4 is 21.8 Å². The number of carbonyl (C=O) groups excluding carboxylic acids is 2. The number of benzene rings is 1. The van der Waals surface area contributed by atoms with E-state index >= 15 is 0 Å². The SMILES string of the molecule is O=C(C1CCN(C(=O)C2CCCCN2S(=O)(=O)c2ccccc2)CC1)N1CCCC1. The van der Waals surface area contributed by atoms with Gasteiger partial charge in [-0.1, -0.05) is 24.6 Å². The molecule has 8 heteroatoms. The molecule has 0 radical (unpaired) electrons. The van der Waals surface area contributed by atoms with Gasteiger partial charge in [-0.15, -0.1) is 0 Å². The highest BCUT2D eigenvalue weighted by Gasteiger charge is 2.40. The Hall–Kier alpha value is -1.93. The van der Waals surface area contributed by atoms with Crippen LogP contribution in [0.4, 0.5) is 0 Å². The first kappa shape index (κ1) is 21.3. The molecule has 2 amide bonds. The number of hydrogen-bond donors (Lipinski definition) is 0. The molecule has 3 heterocycles. The summed E-state index contributed by atoms with van der Waals surface area (Å²) in [5.74, 6) is 0.106. The second-order valence-corrected chi connectivity index (χ2v) is 10.5. The number of rotatable bonds is 4. The number of likely N-dealkylation sites (tertiary alicyclic amines) is 2. The van der Waals surface area contributed by atoms with E-state index < -0.39 is 16.1 Å². The minimum atomic E-state index is -3.71. The van der Waals surface area contributed by atoms with Crippen molar-refractivity contribution < 1.29 is 18.0 Å². The van der Waals surface area contributed by atoms with Crippen LogP contribution in [0.5, 0.6) is 0 Å². The quantitative estimate of drug-likeness (QED) is 0.729. The molecule has 3 saturated heterocycles. The lowest BCUT2D eigenvalue weighted by Gasteiger charge is -2.39. The first-order chi connectivity index (χ1) is 14.5. The van der Waals surface area contributed by atoms with Crippen molar-refractivity contribution in [2.75, 3.05) is 32.7 Å². The molecule has 0 bridgehead atoms. The average molecular weight is 434 g/mol. The molecule has 4 rings (SSSR count). The maximum absolute atomic E-state index is 13.3. The third kappa shape index (κ3) is 4.25. The van der Waals surface area contributed by atoms with Crippen molar-refractivity contribution in [1.82, 2.24) is 14.1 Å². The molecule has 0 N–H and O–H groups in total. The van der Waals surface area contributed by atoms with Crippen LogP contribution in [0.1, 0.15) is 44.9 Å². The summed E-state index contributed by atoms with van der Waals surface area (Å²) in [5, 5.41) is 0. The molecule has 0 saturated carbocycles. The van der Waals surface area contributed by atoms with Gasteiger partial charge < -0.3 is 9.80 Å². The topological polar surface area (TPSA) is 78.0 Å². The summed E-state index contributed by atoms with van der Waals surface area (Å²) < 4.78 is 27.8. The van der Waals surface area contributed by atoms with Crippen LogP contribution in [0, 0.1) is 5.92 Å². The zero-order valence-electron chi connectivity index (χ0n) is 17.4. The molecule has 3 aliphatic rings. The third-order valence-corrected chi connectivity index (χ3v) is 8.58. The zero-order valence-corrected chi connectivity index (χ0v) is 18.2. The lowest BCUT2D eigenvalue weighted by atomic mass is 9.94. The van der Waals surface area contributed by atoms with Crippen molar-refractivity contribution in [2.24, 2.45) is 5.92 Å². The van der Waals surface area contributed by atoms with Crippen LogP contribution < -0.4 is 0 Å². The normalized spacial score (nSPS) is 24.2. The predicted octanol–water partition coefficient (Wildman–Crippen LogP) is 2.09. The van der Waals surface area contributed by atoms with Crippen molar-refractivity contribution in [1.29, 1.82) is 0 Å². The third-order valence-electron chi connectivity index (χ3n) is 6.66. The van der Waals surface area contributed by atoms with Gasteiger partial charge in [0, 0.05) is 38.6 Å². The van der Waals surface area contributed by atoms with Crippen molar-refractivity contribution in [3.63, 3.8) is 0 Å². The standard InChI is InChI=1S/C22H31N3O4S/c26-21(23-13-6-7-14-23)18-11-16-24(17-12-18)22(27)20-10-4-5-15-25(20)30(28,29)19-8-2-1-3-9-19/h1-3,8-9,18,20H,4-7,10-17H2. The van der Waals surface area contributed by atoms with Crippen molar-refractivity contribution in [2.45, 2.75) is 55.9 Å². The Morgan fingerprint density at radius 2 is 1.33 bits per heavy atom. The number of hydrogen-bond acceptors (Lipinski definition) is 4. The molecule has 1 unspecified atom stereocenters. The maximum Gasteiger partial charge on any atom is 0.243 e. The van der Waals surface area contributed by atoms with Crippen LogP contribution in [0.25, 0.3) is 0 Å². The molecule has 0 aromatic heterocycles. The molecule has 3 aliphatic heterocycles. The molecule has 1 aromatic rings. The van der Waals surface area contributed by atoms with Crippen LogP contribution in [-0.2, 0) is 19.6 Å². The second kappa shape index (κ2) is 9.06. The van der Waals surface area contributed by atoms with Gasteiger partial charge in [0.2, 0.25) is 21.8 Å². The Morgan fingerprint density at radius 3 is 2.00 bits per heavy atom. The fraction of sp³-hybridized carbons (Fsp3) is 0.636. The van der Waals surface area contributed by atoms with E-state index in [1.54, 1.807) is 35.2 Å². The van der Waals surface area contributed by atoms with E-state index in [0.717, 1.165) is 38.8 Å². The Balaban J connectivity index is 1.42. The average Bonchev–Trinajstić information content (AvgIpc) is 3.34. The molecular weight excluding hydrogens is 402 g/mol. The summed E-state index contributed by atoms with van der Waals surface area (Å²) in [4.78, 5) is 29.9. The summed E-state index contributed by atoms with van der Waals surface area (Å²) in [6.07, 6.45) is 5.66. The van der Waals surface area contributed by atoms with Gasteiger partial charge in [-0.25, -0.2) is 8.42 Å². The predicted molar refractivity (Wildman–Crippen MR) is 113 cm³/mol. The Morgan fingerprint density at radius 1 is 0.733 bits per heavy atom. The lowest BCUT2D eigenvalue weighted by molar-refractivity contribution is -0.142. The van der Waals surface area contributed by atoms with Crippen LogP contribution in [0.3, 0.4) is 0 Å². The highest BCUT2D eigenvalue weighted by Crippen LogP contribution is 2.28. The molecular formula is C22H31N3O4S. The van der Waals surface area contributed by atoms with Crippen LogP contribution in [-0.4, -0.2) is 73.1 Å². The highest BCUT2D eigenvalue weighted by molar-refractivity contribution is 7.89. The Bertz CT molecular complexity index is 860. The van der Waals surface area contributed by atoms with Crippen LogP contribution in [0.2, 0.25) is 0 Å². The smallest absolute Gasteiger partial charge is 0.243 e. The van der Waals surface area contributed by atoms with E-state index in [4.69, 9.17) is 0 Å². The van der Waals surface area contributed by atoms with E-state index in [2.05, 4.69) is 0 Å². The van der Waals surface area contributed by atoms with E-state index in [-0.39, 0.29) is 22.6 Å². The summed E-state index contributed by atoms with van der Waals surface area (Å²) in [5.41, 5.74) is 0. The van der Waals surface area contributed by atoms with Gasteiger partial charge in [0.05, 0.1) is 4.90 Å². The minimum absolute atomic E-state index is 0.0114. The van der Waals surface area contributed by atoms with Gasteiger partial charge in [-0.2, -0.15) is 4.31 Å². The van der Waals surface area contributed by atoms with Gasteiger partial charge in [-0.05, 0) is 50.7 Å². The van der Waals surface area contributed by atoms with E-state index in [1.165, 1.54) is 4.31 Å². The fourth-order valence-electron chi connectivity index (χ4n) is 4.92. The summed E-state index contributed by atoms with van der Waals surface area (Å²) in [6, 6.07) is 7.72. The van der Waals surface area contributed by atoms with E-state index in [1.807, 2.05) is 4.90 Å².